The molecule has 1 rings (SSSR count). The lowest BCUT2D eigenvalue weighted by atomic mass is 9.99. The van der Waals surface area contributed by atoms with Crippen LogP contribution in [0.25, 0.3) is 0 Å². The van der Waals surface area contributed by atoms with E-state index in [-0.39, 0.29) is 0 Å². The Balaban J connectivity index is 3.31. The molecule has 7 heteroatoms. The van der Waals surface area contributed by atoms with Crippen molar-refractivity contribution in [2.24, 2.45) is 0 Å². The van der Waals surface area contributed by atoms with E-state index in [1.807, 2.05) is 13.8 Å². The predicted octanol–water partition coefficient (Wildman–Crippen LogP) is 0.764. The number of carbonyl (C=O) groups is 1. The highest BCUT2D eigenvalue weighted by Crippen LogP contribution is 2.29. The minimum absolute atomic E-state index is 0.412. The van der Waals surface area contributed by atoms with Crippen molar-refractivity contribution in [2.45, 2.75) is 45.3 Å². The van der Waals surface area contributed by atoms with Crippen molar-refractivity contribution in [2.75, 3.05) is 7.11 Å². The van der Waals surface area contributed by atoms with Gasteiger partial charge < -0.3 is 9.84 Å². The molecule has 1 heterocycles. The maximum atomic E-state index is 11.2. The molecule has 0 aliphatic carbocycles. The molecule has 0 amide bonds. The molecule has 0 aliphatic rings. The second kappa shape index (κ2) is 4.40. The van der Waals surface area contributed by atoms with Crippen LogP contribution < -0.4 is 0 Å². The molecule has 0 spiro atoms. The lowest BCUT2D eigenvalue weighted by Gasteiger charge is -2.29. The van der Waals surface area contributed by atoms with Gasteiger partial charge in [-0.25, -0.2) is 9.48 Å². The third-order valence-electron chi connectivity index (χ3n) is 3.12. The first-order valence-corrected chi connectivity index (χ1v) is 5.37. The van der Waals surface area contributed by atoms with E-state index in [1.165, 1.54) is 4.68 Å². The summed E-state index contributed by atoms with van der Waals surface area (Å²) < 4.78 is 6.68. The second-order valence-corrected chi connectivity index (χ2v) is 4.57. The summed E-state index contributed by atoms with van der Waals surface area (Å²) in [6.07, 6.45) is 0.638. The van der Waals surface area contributed by atoms with E-state index in [4.69, 9.17) is 4.74 Å². The zero-order chi connectivity index (χ0) is 13.3. The molecule has 1 aromatic heterocycles. The number of rotatable bonds is 5. The summed E-state index contributed by atoms with van der Waals surface area (Å²) in [5.41, 5.74) is -1.91. The Bertz CT molecular complexity index is 409. The number of methoxy groups -OCH3 is 1. The van der Waals surface area contributed by atoms with Crippen LogP contribution in [0.15, 0.2) is 0 Å². The molecule has 96 valence electrons. The van der Waals surface area contributed by atoms with Crippen molar-refractivity contribution in [1.82, 2.24) is 20.2 Å². The normalized spacial score (nSPS) is 15.6. The quantitative estimate of drug-likeness (QED) is 0.820. The van der Waals surface area contributed by atoms with Crippen molar-refractivity contribution >= 4 is 5.97 Å². The van der Waals surface area contributed by atoms with Gasteiger partial charge in [0, 0.05) is 7.11 Å². The van der Waals surface area contributed by atoms with Gasteiger partial charge in [0.1, 0.15) is 5.60 Å². The van der Waals surface area contributed by atoms with Crippen LogP contribution in [0.3, 0.4) is 0 Å². The van der Waals surface area contributed by atoms with Gasteiger partial charge in [0.15, 0.2) is 11.4 Å². The Morgan fingerprint density at radius 3 is 2.47 bits per heavy atom. The van der Waals surface area contributed by atoms with Crippen LogP contribution in [-0.4, -0.2) is 38.4 Å². The van der Waals surface area contributed by atoms with E-state index in [9.17, 15) is 9.90 Å². The molecule has 0 fully saturated rings. The fourth-order valence-electron chi connectivity index (χ4n) is 1.38. The number of carboxylic acid groups (broad SMARTS) is 1. The fourth-order valence-corrected chi connectivity index (χ4v) is 1.38. The van der Waals surface area contributed by atoms with Crippen LogP contribution in [0.4, 0.5) is 0 Å². The molecule has 1 unspecified atom stereocenters. The standard InChI is InChI=1S/C10H18N4O3/c1-6-10(4,17-5)7-11-12-13-14(7)9(2,3)8(15)16/h6H2,1-5H3,(H,15,16). The summed E-state index contributed by atoms with van der Waals surface area (Å²) in [6.45, 7) is 6.84. The molecule has 0 saturated carbocycles. The van der Waals surface area contributed by atoms with Crippen LogP contribution in [0.5, 0.6) is 0 Å². The highest BCUT2D eigenvalue weighted by molar-refractivity contribution is 5.75. The van der Waals surface area contributed by atoms with Crippen LogP contribution in [0.1, 0.15) is 39.9 Å². The zero-order valence-corrected chi connectivity index (χ0v) is 10.8. The molecule has 17 heavy (non-hydrogen) atoms. The molecule has 1 N–H and O–H groups in total. The number of nitrogens with zero attached hydrogens (tertiary/aromatic N) is 4. The van der Waals surface area contributed by atoms with Gasteiger partial charge in [-0.3, -0.25) is 0 Å². The predicted molar refractivity (Wildman–Crippen MR) is 59.4 cm³/mol. The first-order chi connectivity index (χ1) is 7.79. The van der Waals surface area contributed by atoms with Crippen molar-refractivity contribution in [3.05, 3.63) is 5.82 Å². The number of ether oxygens (including phenoxy) is 1. The zero-order valence-electron chi connectivity index (χ0n) is 10.8. The fraction of sp³-hybridized carbons (Fsp3) is 0.800. The molecule has 0 radical (unpaired) electrons. The molecule has 1 atom stereocenters. The lowest BCUT2D eigenvalue weighted by molar-refractivity contribution is -0.146. The maximum Gasteiger partial charge on any atom is 0.331 e. The summed E-state index contributed by atoms with van der Waals surface area (Å²) in [6, 6.07) is 0. The summed E-state index contributed by atoms with van der Waals surface area (Å²) in [7, 11) is 1.55. The van der Waals surface area contributed by atoms with Crippen LogP contribution in [0, 0.1) is 0 Å². The summed E-state index contributed by atoms with van der Waals surface area (Å²) in [5.74, 6) is -0.587. The largest absolute Gasteiger partial charge is 0.479 e. The Morgan fingerprint density at radius 1 is 1.47 bits per heavy atom. The van der Waals surface area contributed by atoms with E-state index < -0.39 is 17.1 Å². The van der Waals surface area contributed by atoms with Gasteiger partial charge in [0.05, 0.1) is 0 Å². The molecule has 7 nitrogen and oxygen atoms in total. The monoisotopic (exact) mass is 242 g/mol. The number of tetrazole rings is 1. The smallest absolute Gasteiger partial charge is 0.331 e. The van der Waals surface area contributed by atoms with Crippen LogP contribution in [-0.2, 0) is 20.7 Å². The minimum Gasteiger partial charge on any atom is -0.479 e. The number of hydrogen-bond acceptors (Lipinski definition) is 5. The first-order valence-electron chi connectivity index (χ1n) is 5.37. The SMILES string of the molecule is CCC(C)(OC)c1nnnn1C(C)(C)C(=O)O. The second-order valence-electron chi connectivity index (χ2n) is 4.57. The molecule has 1 aromatic rings. The van der Waals surface area contributed by atoms with Gasteiger partial charge in [-0.15, -0.1) is 5.10 Å². The van der Waals surface area contributed by atoms with Gasteiger partial charge in [-0.2, -0.15) is 0 Å². The summed E-state index contributed by atoms with van der Waals surface area (Å²) in [4.78, 5) is 11.2. The third-order valence-corrected chi connectivity index (χ3v) is 3.12. The molecule has 0 aromatic carbocycles. The van der Waals surface area contributed by atoms with Gasteiger partial charge in [-0.05, 0) is 37.6 Å². The van der Waals surface area contributed by atoms with Crippen LogP contribution >= 0.6 is 0 Å². The van der Waals surface area contributed by atoms with Gasteiger partial charge in [0.2, 0.25) is 0 Å². The van der Waals surface area contributed by atoms with Gasteiger partial charge >= 0.3 is 5.97 Å². The molecule has 0 aliphatic heterocycles. The number of hydrogen-bond donors (Lipinski definition) is 1. The topological polar surface area (TPSA) is 90.1 Å². The third kappa shape index (κ3) is 2.14. The maximum absolute atomic E-state index is 11.2. The van der Waals surface area contributed by atoms with Gasteiger partial charge in [0.25, 0.3) is 0 Å². The van der Waals surface area contributed by atoms with E-state index in [1.54, 1.807) is 21.0 Å². The Labute approximate surface area is 99.8 Å². The van der Waals surface area contributed by atoms with E-state index >= 15 is 0 Å². The number of aliphatic carboxylic acids is 1. The van der Waals surface area contributed by atoms with Crippen LogP contribution in [0.2, 0.25) is 0 Å². The molecule has 0 saturated heterocycles. The van der Waals surface area contributed by atoms with Crippen molar-refractivity contribution in [1.29, 1.82) is 0 Å². The lowest BCUT2D eigenvalue weighted by Crippen LogP contribution is -2.41. The molecular weight excluding hydrogens is 224 g/mol. The Morgan fingerprint density at radius 2 is 2.06 bits per heavy atom. The van der Waals surface area contributed by atoms with E-state index in [2.05, 4.69) is 15.5 Å². The average molecular weight is 242 g/mol. The minimum atomic E-state index is -1.21. The van der Waals surface area contributed by atoms with Gasteiger partial charge in [-0.1, -0.05) is 6.92 Å². The molecular formula is C10H18N4O3. The van der Waals surface area contributed by atoms with Crippen molar-refractivity contribution < 1.29 is 14.6 Å². The average Bonchev–Trinajstić information content (AvgIpc) is 2.77. The van der Waals surface area contributed by atoms with Crippen molar-refractivity contribution in [3.8, 4) is 0 Å². The summed E-state index contributed by atoms with van der Waals surface area (Å²) >= 11 is 0. The van der Waals surface area contributed by atoms with E-state index in [0.29, 0.717) is 12.2 Å². The first kappa shape index (κ1) is 13.6. The van der Waals surface area contributed by atoms with Crippen molar-refractivity contribution in [3.63, 3.8) is 0 Å². The Hall–Kier alpha value is -1.50. The number of carboxylic acids is 1. The summed E-state index contributed by atoms with van der Waals surface area (Å²) in [5, 5.41) is 20.4. The highest BCUT2D eigenvalue weighted by Gasteiger charge is 2.39. The Kier molecular flexibility index (Phi) is 3.51. The highest BCUT2D eigenvalue weighted by atomic mass is 16.5. The number of aromatic nitrogens is 4. The van der Waals surface area contributed by atoms with E-state index in [0.717, 1.165) is 0 Å². The molecule has 0 bridgehead atoms.